The Kier molecular flexibility index (Phi) is 4.51. The number of esters is 1. The second kappa shape index (κ2) is 5.77. The Morgan fingerprint density at radius 3 is 2.33 bits per heavy atom. The number of nitro groups is 1. The van der Waals surface area contributed by atoms with Crippen molar-refractivity contribution in [1.82, 2.24) is 0 Å². The summed E-state index contributed by atoms with van der Waals surface area (Å²) in [4.78, 5) is 32.1. The molecule has 1 amide bonds. The molecular formula is C11H9F3N2O5. The van der Waals surface area contributed by atoms with Crippen LogP contribution in [0.25, 0.3) is 0 Å². The quantitative estimate of drug-likeness (QED) is 0.524. The molecule has 0 aliphatic rings. The van der Waals surface area contributed by atoms with Gasteiger partial charge in [-0.3, -0.25) is 14.9 Å². The number of nitrogens with zero attached hydrogens (tertiary/aromatic N) is 1. The topological polar surface area (TPSA) is 98.5 Å². The molecule has 1 rings (SSSR count). The number of carbonyl (C=O) groups is 2. The van der Waals surface area contributed by atoms with E-state index in [9.17, 15) is 32.9 Å². The zero-order valence-electron chi connectivity index (χ0n) is 10.8. The molecule has 0 heterocycles. The van der Waals surface area contributed by atoms with Gasteiger partial charge in [-0.05, 0) is 18.6 Å². The van der Waals surface area contributed by atoms with Gasteiger partial charge >= 0.3 is 18.1 Å². The van der Waals surface area contributed by atoms with Crippen LogP contribution in [-0.2, 0) is 9.53 Å². The van der Waals surface area contributed by atoms with Crippen molar-refractivity contribution < 1.29 is 32.4 Å². The van der Waals surface area contributed by atoms with Crippen molar-refractivity contribution in [3.8, 4) is 0 Å². The summed E-state index contributed by atoms with van der Waals surface area (Å²) in [5.74, 6) is -3.24. The number of halogens is 3. The fourth-order valence-corrected chi connectivity index (χ4v) is 1.50. The lowest BCUT2D eigenvalue weighted by molar-refractivity contribution is -0.384. The number of benzene rings is 1. The van der Waals surface area contributed by atoms with Gasteiger partial charge in [0, 0.05) is 6.07 Å². The number of rotatable bonds is 3. The largest absolute Gasteiger partial charge is 0.471 e. The number of hydrogen-bond donors (Lipinski definition) is 1. The normalized spacial score (nSPS) is 10.9. The molecular weight excluding hydrogens is 297 g/mol. The lowest BCUT2D eigenvalue weighted by Crippen LogP contribution is -2.30. The fourth-order valence-electron chi connectivity index (χ4n) is 1.50. The van der Waals surface area contributed by atoms with Crippen LogP contribution in [0.5, 0.6) is 0 Å². The van der Waals surface area contributed by atoms with Crippen molar-refractivity contribution in [2.75, 3.05) is 12.4 Å². The van der Waals surface area contributed by atoms with Gasteiger partial charge in [-0.2, -0.15) is 13.2 Å². The van der Waals surface area contributed by atoms with E-state index in [1.165, 1.54) is 12.2 Å². The number of ether oxygens (including phenoxy) is 1. The maximum Gasteiger partial charge on any atom is 0.471 e. The van der Waals surface area contributed by atoms with E-state index in [1.54, 1.807) is 0 Å². The zero-order chi connectivity index (χ0) is 16.4. The molecule has 0 spiro atoms. The number of methoxy groups -OCH3 is 1. The van der Waals surface area contributed by atoms with Gasteiger partial charge in [0.25, 0.3) is 5.69 Å². The van der Waals surface area contributed by atoms with Crippen molar-refractivity contribution in [3.63, 3.8) is 0 Å². The van der Waals surface area contributed by atoms with E-state index in [1.807, 2.05) is 0 Å². The molecule has 114 valence electrons. The monoisotopic (exact) mass is 306 g/mol. The summed E-state index contributed by atoms with van der Waals surface area (Å²) in [7, 11) is 1.04. The highest BCUT2D eigenvalue weighted by molar-refractivity contribution is 5.99. The van der Waals surface area contributed by atoms with Crippen LogP contribution in [0.1, 0.15) is 15.9 Å². The van der Waals surface area contributed by atoms with E-state index < -0.39 is 34.4 Å². The Labute approximate surface area is 115 Å². The van der Waals surface area contributed by atoms with Gasteiger partial charge in [-0.25, -0.2) is 4.79 Å². The summed E-state index contributed by atoms with van der Waals surface area (Å²) in [6.07, 6.45) is -5.19. The zero-order valence-corrected chi connectivity index (χ0v) is 10.8. The first-order chi connectivity index (χ1) is 9.57. The highest BCUT2D eigenvalue weighted by atomic mass is 19.4. The standard InChI is InChI=1S/C11H9F3N2O5/c1-5-3-6(9(17)21-2)4-7(16(19)20)8(5)15-10(18)11(12,13)14/h3-4H,1-2H3,(H,15,18). The van der Waals surface area contributed by atoms with Crippen molar-refractivity contribution in [2.24, 2.45) is 0 Å². The maximum absolute atomic E-state index is 12.2. The van der Waals surface area contributed by atoms with E-state index in [0.29, 0.717) is 0 Å². The first-order valence-corrected chi connectivity index (χ1v) is 5.33. The fraction of sp³-hybridized carbons (Fsp3) is 0.273. The molecule has 0 atom stereocenters. The molecule has 0 saturated carbocycles. The molecule has 10 heteroatoms. The Morgan fingerprint density at radius 2 is 1.90 bits per heavy atom. The van der Waals surface area contributed by atoms with Gasteiger partial charge in [0.2, 0.25) is 0 Å². The minimum absolute atomic E-state index is 0.0813. The summed E-state index contributed by atoms with van der Waals surface area (Å²) >= 11 is 0. The van der Waals surface area contributed by atoms with Crippen LogP contribution in [0, 0.1) is 17.0 Å². The number of nitrogens with one attached hydrogen (secondary N) is 1. The predicted molar refractivity (Wildman–Crippen MR) is 63.9 cm³/mol. The Balaban J connectivity index is 3.35. The number of anilines is 1. The maximum atomic E-state index is 12.2. The van der Waals surface area contributed by atoms with Crippen LogP contribution >= 0.6 is 0 Å². The van der Waals surface area contributed by atoms with Crippen LogP contribution in [0.4, 0.5) is 24.5 Å². The summed E-state index contributed by atoms with van der Waals surface area (Å²) in [6.45, 7) is 1.21. The lowest BCUT2D eigenvalue weighted by Gasteiger charge is -2.12. The molecule has 0 aromatic heterocycles. The van der Waals surface area contributed by atoms with Crippen LogP contribution < -0.4 is 5.32 Å². The van der Waals surface area contributed by atoms with Gasteiger partial charge < -0.3 is 10.1 Å². The minimum Gasteiger partial charge on any atom is -0.465 e. The molecule has 7 nitrogen and oxygen atoms in total. The first kappa shape index (κ1) is 16.4. The smallest absolute Gasteiger partial charge is 0.465 e. The molecule has 1 N–H and O–H groups in total. The van der Waals surface area contributed by atoms with Gasteiger partial charge in [0.1, 0.15) is 5.69 Å². The molecule has 0 bridgehead atoms. The lowest BCUT2D eigenvalue weighted by atomic mass is 10.1. The molecule has 0 aliphatic heterocycles. The van der Waals surface area contributed by atoms with Crippen LogP contribution in [0.2, 0.25) is 0 Å². The summed E-state index contributed by atoms with van der Waals surface area (Å²) in [5, 5.41) is 12.3. The van der Waals surface area contributed by atoms with Gasteiger partial charge in [-0.15, -0.1) is 0 Å². The third-order valence-electron chi connectivity index (χ3n) is 2.43. The van der Waals surface area contributed by atoms with Crippen molar-refractivity contribution in [1.29, 1.82) is 0 Å². The average Bonchev–Trinajstić information content (AvgIpc) is 2.38. The minimum atomic E-state index is -5.19. The number of nitro benzene ring substituents is 1. The second-order valence-electron chi connectivity index (χ2n) is 3.89. The highest BCUT2D eigenvalue weighted by Gasteiger charge is 2.40. The summed E-state index contributed by atoms with van der Waals surface area (Å²) in [5.41, 5.74) is -1.77. The molecule has 21 heavy (non-hydrogen) atoms. The van der Waals surface area contributed by atoms with E-state index in [4.69, 9.17) is 0 Å². The van der Waals surface area contributed by atoms with Gasteiger partial charge in [0.15, 0.2) is 0 Å². The number of hydrogen-bond acceptors (Lipinski definition) is 5. The first-order valence-electron chi connectivity index (χ1n) is 5.33. The van der Waals surface area contributed by atoms with E-state index in [2.05, 4.69) is 4.74 Å². The van der Waals surface area contributed by atoms with Crippen molar-refractivity contribution >= 4 is 23.3 Å². The number of alkyl halides is 3. The third-order valence-corrected chi connectivity index (χ3v) is 2.43. The van der Waals surface area contributed by atoms with Crippen LogP contribution in [0.3, 0.4) is 0 Å². The highest BCUT2D eigenvalue weighted by Crippen LogP contribution is 2.31. The molecule has 1 aromatic carbocycles. The van der Waals surface area contributed by atoms with Crippen LogP contribution in [-0.4, -0.2) is 30.1 Å². The Bertz CT molecular complexity index is 613. The van der Waals surface area contributed by atoms with E-state index in [-0.39, 0.29) is 11.1 Å². The Morgan fingerprint density at radius 1 is 1.33 bits per heavy atom. The molecule has 0 saturated heterocycles. The van der Waals surface area contributed by atoms with E-state index >= 15 is 0 Å². The number of amides is 1. The molecule has 0 fully saturated rings. The summed E-state index contributed by atoms with van der Waals surface area (Å²) < 4.78 is 41.0. The van der Waals surface area contributed by atoms with Gasteiger partial charge in [-0.1, -0.05) is 0 Å². The predicted octanol–water partition coefficient (Wildman–Crippen LogP) is 2.19. The van der Waals surface area contributed by atoms with E-state index in [0.717, 1.165) is 19.2 Å². The van der Waals surface area contributed by atoms with Crippen LogP contribution in [0.15, 0.2) is 12.1 Å². The average molecular weight is 306 g/mol. The summed E-state index contributed by atoms with van der Waals surface area (Å²) in [6, 6.07) is 1.80. The number of aryl methyl sites for hydroxylation is 1. The Hall–Kier alpha value is -2.65. The van der Waals surface area contributed by atoms with Gasteiger partial charge in [0.05, 0.1) is 17.6 Å². The third kappa shape index (κ3) is 3.68. The molecule has 0 unspecified atom stereocenters. The molecule has 0 radical (unpaired) electrons. The SMILES string of the molecule is COC(=O)c1cc(C)c(NC(=O)C(F)(F)F)c([N+](=O)[O-])c1. The number of carbonyl (C=O) groups excluding carboxylic acids is 2. The molecule has 0 aliphatic carbocycles. The van der Waals surface area contributed by atoms with Crippen molar-refractivity contribution in [2.45, 2.75) is 13.1 Å². The van der Waals surface area contributed by atoms with Crippen molar-refractivity contribution in [3.05, 3.63) is 33.4 Å². The second-order valence-corrected chi connectivity index (χ2v) is 3.89. The molecule has 1 aromatic rings.